The number of sulfonamides is 1. The Balaban J connectivity index is 2.20. The third-order valence-corrected chi connectivity index (χ3v) is 5.75. The minimum absolute atomic E-state index is 0.110. The maximum atomic E-state index is 12.9. The molecule has 0 atom stereocenters. The standard InChI is InChI=1S/C15H17NO3S/c1-15(2)10-19-11-16(15)20(17,18)14-9-5-7-12-6-3-4-8-13(12)14/h3-9H,10-11H2,1-2H3. The summed E-state index contributed by atoms with van der Waals surface area (Å²) >= 11 is 0. The van der Waals surface area contributed by atoms with Crippen LogP contribution in [0.2, 0.25) is 0 Å². The summed E-state index contributed by atoms with van der Waals surface area (Å²) < 4.78 is 32.6. The molecule has 3 rings (SSSR count). The fourth-order valence-corrected chi connectivity index (χ4v) is 4.43. The van der Waals surface area contributed by atoms with Gasteiger partial charge in [-0.3, -0.25) is 0 Å². The van der Waals surface area contributed by atoms with Gasteiger partial charge in [-0.05, 0) is 25.3 Å². The van der Waals surface area contributed by atoms with E-state index >= 15 is 0 Å². The van der Waals surface area contributed by atoms with Crippen LogP contribution in [0.4, 0.5) is 0 Å². The van der Waals surface area contributed by atoms with Gasteiger partial charge in [0.1, 0.15) is 6.73 Å². The van der Waals surface area contributed by atoms with Crippen LogP contribution in [0.25, 0.3) is 10.8 Å². The van der Waals surface area contributed by atoms with Crippen molar-refractivity contribution < 1.29 is 13.2 Å². The Morgan fingerprint density at radius 1 is 1.10 bits per heavy atom. The molecule has 1 saturated heterocycles. The minimum atomic E-state index is -3.56. The number of nitrogens with zero attached hydrogens (tertiary/aromatic N) is 1. The number of hydrogen-bond donors (Lipinski definition) is 0. The Morgan fingerprint density at radius 3 is 2.50 bits per heavy atom. The van der Waals surface area contributed by atoms with E-state index in [2.05, 4.69) is 0 Å². The van der Waals surface area contributed by atoms with E-state index in [0.717, 1.165) is 10.8 Å². The van der Waals surface area contributed by atoms with Gasteiger partial charge in [0.15, 0.2) is 0 Å². The van der Waals surface area contributed by atoms with Crippen LogP contribution < -0.4 is 0 Å². The van der Waals surface area contributed by atoms with Gasteiger partial charge in [0.05, 0.1) is 17.0 Å². The molecule has 2 aromatic carbocycles. The zero-order chi connectivity index (χ0) is 14.4. The molecule has 0 amide bonds. The lowest BCUT2D eigenvalue weighted by Gasteiger charge is -2.28. The first-order valence-corrected chi connectivity index (χ1v) is 7.95. The van der Waals surface area contributed by atoms with E-state index in [-0.39, 0.29) is 6.73 Å². The molecule has 1 heterocycles. The van der Waals surface area contributed by atoms with Crippen LogP contribution in [0.1, 0.15) is 13.8 Å². The summed E-state index contributed by atoms with van der Waals surface area (Å²) in [6.45, 7) is 4.28. The minimum Gasteiger partial charge on any atom is -0.363 e. The average molecular weight is 291 g/mol. The van der Waals surface area contributed by atoms with Gasteiger partial charge in [0.2, 0.25) is 10.0 Å². The number of ether oxygens (including phenoxy) is 1. The summed E-state index contributed by atoms with van der Waals surface area (Å²) in [5.41, 5.74) is -0.518. The van der Waals surface area contributed by atoms with Crippen LogP contribution in [-0.4, -0.2) is 31.6 Å². The van der Waals surface area contributed by atoms with Crippen molar-refractivity contribution in [3.8, 4) is 0 Å². The SMILES string of the molecule is CC1(C)COCN1S(=O)(=O)c1cccc2ccccc12. The second-order valence-electron chi connectivity index (χ2n) is 5.62. The Labute approximate surface area is 119 Å². The maximum absolute atomic E-state index is 12.9. The van der Waals surface area contributed by atoms with Gasteiger partial charge in [-0.2, -0.15) is 4.31 Å². The molecule has 0 N–H and O–H groups in total. The molecule has 0 radical (unpaired) electrons. The Kier molecular flexibility index (Phi) is 3.08. The summed E-state index contributed by atoms with van der Waals surface area (Å²) in [6, 6.07) is 12.9. The zero-order valence-corrected chi connectivity index (χ0v) is 12.4. The normalized spacial score (nSPS) is 19.5. The van der Waals surface area contributed by atoms with Gasteiger partial charge >= 0.3 is 0 Å². The van der Waals surface area contributed by atoms with Gasteiger partial charge in [0.25, 0.3) is 0 Å². The van der Waals surface area contributed by atoms with E-state index in [1.807, 2.05) is 44.2 Å². The van der Waals surface area contributed by atoms with E-state index in [1.54, 1.807) is 12.1 Å². The zero-order valence-electron chi connectivity index (χ0n) is 11.5. The van der Waals surface area contributed by atoms with Gasteiger partial charge in [-0.15, -0.1) is 0 Å². The number of benzene rings is 2. The van der Waals surface area contributed by atoms with Gasteiger partial charge in [-0.25, -0.2) is 8.42 Å². The van der Waals surface area contributed by atoms with Crippen LogP contribution >= 0.6 is 0 Å². The van der Waals surface area contributed by atoms with Crippen molar-refractivity contribution in [2.75, 3.05) is 13.3 Å². The molecule has 106 valence electrons. The van der Waals surface area contributed by atoms with Crippen LogP contribution in [-0.2, 0) is 14.8 Å². The topological polar surface area (TPSA) is 46.6 Å². The summed E-state index contributed by atoms with van der Waals surface area (Å²) in [7, 11) is -3.56. The summed E-state index contributed by atoms with van der Waals surface area (Å²) in [6.07, 6.45) is 0. The number of hydrogen-bond acceptors (Lipinski definition) is 3. The Morgan fingerprint density at radius 2 is 1.80 bits per heavy atom. The largest absolute Gasteiger partial charge is 0.363 e. The second kappa shape index (κ2) is 4.55. The van der Waals surface area contributed by atoms with Crippen molar-refractivity contribution in [2.24, 2.45) is 0 Å². The third-order valence-electron chi connectivity index (χ3n) is 3.66. The second-order valence-corrected chi connectivity index (χ2v) is 7.45. The Bertz CT molecular complexity index is 747. The number of fused-ring (bicyclic) bond motifs is 1. The smallest absolute Gasteiger partial charge is 0.246 e. The molecular formula is C15H17NO3S. The van der Waals surface area contributed by atoms with E-state index < -0.39 is 15.6 Å². The van der Waals surface area contributed by atoms with Crippen molar-refractivity contribution >= 4 is 20.8 Å². The monoisotopic (exact) mass is 291 g/mol. The van der Waals surface area contributed by atoms with Crippen LogP contribution in [0.3, 0.4) is 0 Å². The van der Waals surface area contributed by atoms with Gasteiger partial charge in [0, 0.05) is 5.39 Å². The highest BCUT2D eigenvalue weighted by Crippen LogP contribution is 2.32. The van der Waals surface area contributed by atoms with Crippen molar-refractivity contribution in [1.82, 2.24) is 4.31 Å². The van der Waals surface area contributed by atoms with Crippen LogP contribution in [0, 0.1) is 0 Å². The molecular weight excluding hydrogens is 274 g/mol. The van der Waals surface area contributed by atoms with E-state index in [0.29, 0.717) is 11.5 Å². The summed E-state index contributed by atoms with van der Waals surface area (Å²) in [5, 5.41) is 1.67. The van der Waals surface area contributed by atoms with E-state index in [1.165, 1.54) is 4.31 Å². The molecule has 4 nitrogen and oxygen atoms in total. The Hall–Kier alpha value is -1.43. The molecule has 0 unspecified atom stereocenters. The van der Waals surface area contributed by atoms with Crippen LogP contribution in [0.15, 0.2) is 47.4 Å². The lowest BCUT2D eigenvalue weighted by Crippen LogP contribution is -2.44. The van der Waals surface area contributed by atoms with Crippen molar-refractivity contribution in [2.45, 2.75) is 24.3 Å². The van der Waals surface area contributed by atoms with Crippen LogP contribution in [0.5, 0.6) is 0 Å². The van der Waals surface area contributed by atoms with Crippen molar-refractivity contribution in [3.63, 3.8) is 0 Å². The van der Waals surface area contributed by atoms with Crippen molar-refractivity contribution in [3.05, 3.63) is 42.5 Å². The molecule has 1 aliphatic heterocycles. The highest BCUT2D eigenvalue weighted by molar-refractivity contribution is 7.89. The summed E-state index contributed by atoms with van der Waals surface area (Å²) in [4.78, 5) is 0.342. The molecule has 0 aliphatic carbocycles. The fraction of sp³-hybridized carbons (Fsp3) is 0.333. The first kappa shape index (κ1) is 13.5. The molecule has 0 spiro atoms. The number of rotatable bonds is 2. The quantitative estimate of drug-likeness (QED) is 0.854. The first-order valence-electron chi connectivity index (χ1n) is 6.51. The van der Waals surface area contributed by atoms with Gasteiger partial charge < -0.3 is 4.74 Å². The molecule has 20 heavy (non-hydrogen) atoms. The lowest BCUT2D eigenvalue weighted by molar-refractivity contribution is 0.171. The third kappa shape index (κ3) is 2.02. The molecule has 0 aromatic heterocycles. The molecule has 1 aliphatic rings. The molecule has 0 bridgehead atoms. The molecule has 1 fully saturated rings. The molecule has 2 aromatic rings. The molecule has 5 heteroatoms. The fourth-order valence-electron chi connectivity index (χ4n) is 2.56. The van der Waals surface area contributed by atoms with E-state index in [4.69, 9.17) is 4.74 Å². The predicted octanol–water partition coefficient (Wildman–Crippen LogP) is 2.60. The lowest BCUT2D eigenvalue weighted by atomic mass is 10.1. The van der Waals surface area contributed by atoms with Gasteiger partial charge in [-0.1, -0.05) is 36.4 Å². The maximum Gasteiger partial charge on any atom is 0.246 e. The molecule has 0 saturated carbocycles. The first-order chi connectivity index (χ1) is 9.43. The highest BCUT2D eigenvalue weighted by atomic mass is 32.2. The average Bonchev–Trinajstić information content (AvgIpc) is 2.78. The predicted molar refractivity (Wildman–Crippen MR) is 77.9 cm³/mol. The van der Waals surface area contributed by atoms with E-state index in [9.17, 15) is 8.42 Å². The summed E-state index contributed by atoms with van der Waals surface area (Å²) in [5.74, 6) is 0. The highest BCUT2D eigenvalue weighted by Gasteiger charge is 2.42. The van der Waals surface area contributed by atoms with Crippen molar-refractivity contribution in [1.29, 1.82) is 0 Å².